The van der Waals surface area contributed by atoms with Crippen LogP contribution in [0.15, 0.2) is 24.4 Å². The van der Waals surface area contributed by atoms with E-state index in [4.69, 9.17) is 4.74 Å². The van der Waals surface area contributed by atoms with E-state index in [9.17, 15) is 9.59 Å². The van der Waals surface area contributed by atoms with Crippen LogP contribution in [0.5, 0.6) is 0 Å². The predicted molar refractivity (Wildman–Crippen MR) is 95.4 cm³/mol. The fourth-order valence-electron chi connectivity index (χ4n) is 3.91. The average molecular weight is 358 g/mol. The lowest BCUT2D eigenvalue weighted by Crippen LogP contribution is -2.73. The molecule has 2 amide bonds. The summed E-state index contributed by atoms with van der Waals surface area (Å²) < 4.78 is 6.09. The van der Waals surface area contributed by atoms with Gasteiger partial charge >= 0.3 is 0 Å². The van der Waals surface area contributed by atoms with Crippen molar-refractivity contribution in [3.05, 3.63) is 30.1 Å². The second-order valence-electron chi connectivity index (χ2n) is 7.74. The highest BCUT2D eigenvalue weighted by Crippen LogP contribution is 2.35. The Morgan fingerprint density at radius 2 is 2.12 bits per heavy atom. The lowest BCUT2D eigenvalue weighted by molar-refractivity contribution is -0.204. The number of morpholine rings is 1. The van der Waals surface area contributed by atoms with Gasteiger partial charge in [-0.05, 0) is 30.9 Å². The summed E-state index contributed by atoms with van der Waals surface area (Å²) in [5.41, 5.74) is 0.470. The Labute approximate surface area is 153 Å². The van der Waals surface area contributed by atoms with E-state index in [1.54, 1.807) is 13.2 Å². The summed E-state index contributed by atoms with van der Waals surface area (Å²) >= 11 is 0. The second-order valence-corrected chi connectivity index (χ2v) is 7.74. The lowest BCUT2D eigenvalue weighted by Gasteiger charge is -2.55. The van der Waals surface area contributed by atoms with Gasteiger partial charge in [0, 0.05) is 32.0 Å². The average Bonchev–Trinajstić information content (AvgIpc) is 3.43. The Balaban J connectivity index is 1.35. The van der Waals surface area contributed by atoms with E-state index >= 15 is 0 Å². The van der Waals surface area contributed by atoms with Crippen LogP contribution in [0.25, 0.3) is 0 Å². The zero-order valence-electron chi connectivity index (χ0n) is 15.2. The molecule has 140 valence electrons. The first-order chi connectivity index (χ1) is 12.6. The molecule has 0 bridgehead atoms. The van der Waals surface area contributed by atoms with Crippen molar-refractivity contribution in [2.45, 2.75) is 30.9 Å². The molecule has 0 radical (unpaired) electrons. The Bertz CT molecular complexity index is 671. The molecule has 26 heavy (non-hydrogen) atoms. The number of carbonyl (C=O) groups excluding carboxylic acids is 2. The fourth-order valence-corrected chi connectivity index (χ4v) is 3.91. The van der Waals surface area contributed by atoms with Crippen LogP contribution < -0.4 is 5.32 Å². The number of hydrogen-bond donors (Lipinski definition) is 1. The first kappa shape index (κ1) is 17.4. The van der Waals surface area contributed by atoms with Gasteiger partial charge in [0.2, 0.25) is 11.8 Å². The summed E-state index contributed by atoms with van der Waals surface area (Å²) in [5, 5.41) is 2.74. The number of likely N-dealkylation sites (N-methyl/N-ethyl adjacent to an activating group) is 1. The normalized spacial score (nSPS) is 25.0. The molecule has 4 rings (SSSR count). The Morgan fingerprint density at radius 3 is 2.77 bits per heavy atom. The van der Waals surface area contributed by atoms with E-state index in [2.05, 4.69) is 15.2 Å². The van der Waals surface area contributed by atoms with Gasteiger partial charge in [-0.25, -0.2) is 0 Å². The molecular weight excluding hydrogens is 332 g/mol. The molecule has 1 atom stereocenters. The summed E-state index contributed by atoms with van der Waals surface area (Å²) in [5.74, 6) is 0.808. The minimum absolute atomic E-state index is 0.0166. The molecule has 1 aliphatic carbocycles. The van der Waals surface area contributed by atoms with Crippen molar-refractivity contribution in [3.63, 3.8) is 0 Å². The molecule has 3 heterocycles. The Hall–Kier alpha value is -1.99. The molecule has 3 fully saturated rings. The number of aromatic nitrogens is 1. The molecule has 0 unspecified atom stereocenters. The standard InChI is InChI=1S/C19H26N4O3/c1-20-18(25)16-10-26-19(11-22(16)9-14-5-6-14)12-23(13-19)17(24)8-15-4-2-3-7-21-15/h2-4,7,14,16H,5-6,8-13H2,1H3,(H,20,25)/t16-/m1/s1. The first-order valence-electron chi connectivity index (χ1n) is 9.36. The van der Waals surface area contributed by atoms with Gasteiger partial charge in [0.25, 0.3) is 0 Å². The van der Waals surface area contributed by atoms with Crippen LogP contribution in [0.3, 0.4) is 0 Å². The number of rotatable bonds is 5. The van der Waals surface area contributed by atoms with Crippen LogP contribution in [0, 0.1) is 5.92 Å². The molecule has 1 saturated carbocycles. The number of nitrogens with one attached hydrogen (secondary N) is 1. The molecule has 0 aromatic carbocycles. The van der Waals surface area contributed by atoms with Gasteiger partial charge in [0.1, 0.15) is 11.6 Å². The smallest absolute Gasteiger partial charge is 0.239 e. The van der Waals surface area contributed by atoms with Crippen molar-refractivity contribution in [3.8, 4) is 0 Å². The summed E-state index contributed by atoms with van der Waals surface area (Å²) in [6, 6.07) is 5.39. The number of nitrogens with zero attached hydrogens (tertiary/aromatic N) is 3. The topological polar surface area (TPSA) is 74.8 Å². The van der Waals surface area contributed by atoms with Crippen molar-refractivity contribution in [1.29, 1.82) is 0 Å². The fraction of sp³-hybridized carbons (Fsp3) is 0.632. The first-order valence-corrected chi connectivity index (χ1v) is 9.36. The number of pyridine rings is 1. The molecule has 7 nitrogen and oxygen atoms in total. The predicted octanol–water partition coefficient (Wildman–Crippen LogP) is 0.0619. The maximum Gasteiger partial charge on any atom is 0.239 e. The van der Waals surface area contributed by atoms with Crippen LogP contribution in [-0.2, 0) is 20.7 Å². The van der Waals surface area contributed by atoms with Gasteiger partial charge in [-0.2, -0.15) is 0 Å². The van der Waals surface area contributed by atoms with E-state index in [1.807, 2.05) is 23.1 Å². The lowest BCUT2D eigenvalue weighted by atomic mass is 9.89. The number of carbonyl (C=O) groups is 2. The van der Waals surface area contributed by atoms with Crippen molar-refractivity contribution in [1.82, 2.24) is 20.1 Å². The van der Waals surface area contributed by atoms with E-state index < -0.39 is 0 Å². The minimum atomic E-state index is -0.320. The van der Waals surface area contributed by atoms with E-state index in [0.717, 1.165) is 18.8 Å². The quantitative estimate of drug-likeness (QED) is 0.806. The number of hydrogen-bond acceptors (Lipinski definition) is 5. The third-order valence-electron chi connectivity index (χ3n) is 5.59. The van der Waals surface area contributed by atoms with Gasteiger partial charge in [-0.1, -0.05) is 6.07 Å². The van der Waals surface area contributed by atoms with Crippen molar-refractivity contribution >= 4 is 11.8 Å². The highest BCUT2D eigenvalue weighted by Gasteiger charge is 2.52. The molecule has 7 heteroatoms. The van der Waals surface area contributed by atoms with Crippen LogP contribution >= 0.6 is 0 Å². The maximum absolute atomic E-state index is 12.5. The molecule has 3 aliphatic rings. The van der Waals surface area contributed by atoms with Gasteiger partial charge in [-0.3, -0.25) is 19.5 Å². The number of ether oxygens (including phenoxy) is 1. The number of amides is 2. The van der Waals surface area contributed by atoms with E-state index in [-0.39, 0.29) is 23.5 Å². The van der Waals surface area contributed by atoms with Crippen molar-refractivity contribution in [2.24, 2.45) is 5.92 Å². The summed E-state index contributed by atoms with van der Waals surface area (Å²) in [6.07, 6.45) is 4.53. The summed E-state index contributed by atoms with van der Waals surface area (Å²) in [6.45, 7) is 3.26. The Kier molecular flexibility index (Phi) is 4.67. The van der Waals surface area contributed by atoms with Crippen LogP contribution in [-0.4, -0.2) is 78.1 Å². The van der Waals surface area contributed by atoms with Crippen LogP contribution in [0.2, 0.25) is 0 Å². The summed E-state index contributed by atoms with van der Waals surface area (Å²) in [7, 11) is 1.67. The highest BCUT2D eigenvalue weighted by atomic mass is 16.5. The molecule has 2 aliphatic heterocycles. The third-order valence-corrected chi connectivity index (χ3v) is 5.59. The largest absolute Gasteiger partial charge is 0.368 e. The molecule has 1 aromatic heterocycles. The van der Waals surface area contributed by atoms with Crippen molar-refractivity contribution < 1.29 is 14.3 Å². The maximum atomic E-state index is 12.5. The Morgan fingerprint density at radius 1 is 1.31 bits per heavy atom. The third kappa shape index (κ3) is 3.59. The van der Waals surface area contributed by atoms with Crippen LogP contribution in [0.1, 0.15) is 18.5 Å². The van der Waals surface area contributed by atoms with Gasteiger partial charge < -0.3 is 15.0 Å². The van der Waals surface area contributed by atoms with Crippen LogP contribution in [0.4, 0.5) is 0 Å². The van der Waals surface area contributed by atoms with E-state index in [0.29, 0.717) is 32.0 Å². The highest BCUT2D eigenvalue weighted by molar-refractivity contribution is 5.82. The zero-order chi connectivity index (χ0) is 18.1. The molecule has 1 spiro atoms. The van der Waals surface area contributed by atoms with Gasteiger partial charge in [0.05, 0.1) is 26.1 Å². The molecule has 1 aromatic rings. The number of likely N-dealkylation sites (tertiary alicyclic amines) is 1. The molecule has 1 N–H and O–H groups in total. The monoisotopic (exact) mass is 358 g/mol. The SMILES string of the molecule is CNC(=O)[C@H]1COC2(CN(C(=O)Cc3ccccn3)C2)CN1CC1CC1. The van der Waals surface area contributed by atoms with E-state index in [1.165, 1.54) is 12.8 Å². The minimum Gasteiger partial charge on any atom is -0.368 e. The van der Waals surface area contributed by atoms with Gasteiger partial charge in [0.15, 0.2) is 0 Å². The second kappa shape index (κ2) is 6.96. The molecule has 2 saturated heterocycles. The van der Waals surface area contributed by atoms with Crippen molar-refractivity contribution in [2.75, 3.05) is 39.8 Å². The summed E-state index contributed by atoms with van der Waals surface area (Å²) in [4.78, 5) is 33.0. The molecular formula is C19H26N4O3. The van der Waals surface area contributed by atoms with Gasteiger partial charge in [-0.15, -0.1) is 0 Å². The zero-order valence-corrected chi connectivity index (χ0v) is 15.2.